The summed E-state index contributed by atoms with van der Waals surface area (Å²) in [6, 6.07) is 9.57. The Kier molecular flexibility index (Phi) is 4.55. The highest BCUT2D eigenvalue weighted by molar-refractivity contribution is 9.10. The highest BCUT2D eigenvalue weighted by Gasteiger charge is 2.14. The molecule has 104 valence electrons. The monoisotopic (exact) mass is 336 g/mol. The third kappa shape index (κ3) is 3.07. The van der Waals surface area contributed by atoms with Crippen molar-refractivity contribution < 1.29 is 13.9 Å². The number of rotatable bonds is 4. The van der Waals surface area contributed by atoms with E-state index in [9.17, 15) is 9.18 Å². The van der Waals surface area contributed by atoms with Gasteiger partial charge in [0.1, 0.15) is 11.6 Å². The molecular formula is C16H14BrFO2. The van der Waals surface area contributed by atoms with Gasteiger partial charge in [-0.05, 0) is 71.7 Å². The average Bonchev–Trinajstić information content (AvgIpc) is 2.42. The predicted molar refractivity (Wildman–Crippen MR) is 79.9 cm³/mol. The molecule has 0 aliphatic carbocycles. The molecule has 0 amide bonds. The molecule has 0 N–H and O–H groups in total. The van der Waals surface area contributed by atoms with Crippen LogP contribution in [0.3, 0.4) is 0 Å². The number of aryl methyl sites for hydroxylation is 1. The van der Waals surface area contributed by atoms with Crippen molar-refractivity contribution in [3.8, 4) is 5.75 Å². The number of ketones is 1. The summed E-state index contributed by atoms with van der Waals surface area (Å²) >= 11 is 3.37. The molecule has 0 unspecified atom stereocenters. The van der Waals surface area contributed by atoms with Crippen molar-refractivity contribution in [2.45, 2.75) is 13.8 Å². The van der Waals surface area contributed by atoms with Gasteiger partial charge in [0.2, 0.25) is 0 Å². The number of hydrogen-bond acceptors (Lipinski definition) is 2. The SMILES string of the molecule is CCOc1ccc(C(=O)c2ccc(F)c(C)c2)c(Br)c1. The van der Waals surface area contributed by atoms with E-state index in [0.29, 0.717) is 33.5 Å². The van der Waals surface area contributed by atoms with Crippen LogP contribution in [0.25, 0.3) is 0 Å². The Morgan fingerprint density at radius 1 is 1.25 bits per heavy atom. The second-order valence-corrected chi connectivity index (χ2v) is 5.22. The quantitative estimate of drug-likeness (QED) is 0.767. The molecule has 0 fully saturated rings. The molecule has 0 aliphatic rings. The summed E-state index contributed by atoms with van der Waals surface area (Å²) in [5.41, 5.74) is 1.45. The van der Waals surface area contributed by atoms with Crippen molar-refractivity contribution in [2.75, 3.05) is 6.61 Å². The minimum Gasteiger partial charge on any atom is -0.494 e. The van der Waals surface area contributed by atoms with Gasteiger partial charge in [-0.3, -0.25) is 4.79 Å². The molecule has 0 aromatic heterocycles. The van der Waals surface area contributed by atoms with Crippen LogP contribution in [0.1, 0.15) is 28.4 Å². The van der Waals surface area contributed by atoms with Crippen LogP contribution in [-0.4, -0.2) is 12.4 Å². The summed E-state index contributed by atoms with van der Waals surface area (Å²) in [6.45, 7) is 4.10. The number of benzene rings is 2. The van der Waals surface area contributed by atoms with Crippen LogP contribution in [0.4, 0.5) is 4.39 Å². The first-order chi connectivity index (χ1) is 9.52. The fourth-order valence-electron chi connectivity index (χ4n) is 1.88. The molecule has 2 rings (SSSR count). The van der Waals surface area contributed by atoms with E-state index in [1.165, 1.54) is 12.1 Å². The minimum absolute atomic E-state index is 0.150. The molecule has 4 heteroatoms. The smallest absolute Gasteiger partial charge is 0.194 e. The zero-order valence-corrected chi connectivity index (χ0v) is 12.8. The summed E-state index contributed by atoms with van der Waals surface area (Å²) in [5.74, 6) is 0.238. The molecule has 0 aliphatic heterocycles. The summed E-state index contributed by atoms with van der Waals surface area (Å²) in [4.78, 5) is 12.4. The number of hydrogen-bond donors (Lipinski definition) is 0. The van der Waals surface area contributed by atoms with Crippen molar-refractivity contribution in [3.63, 3.8) is 0 Å². The maximum absolute atomic E-state index is 13.2. The first-order valence-corrected chi connectivity index (χ1v) is 7.05. The van der Waals surface area contributed by atoms with Crippen molar-refractivity contribution in [1.29, 1.82) is 0 Å². The molecule has 0 radical (unpaired) electrons. The molecule has 2 aromatic carbocycles. The van der Waals surface area contributed by atoms with Crippen LogP contribution < -0.4 is 4.74 Å². The minimum atomic E-state index is -0.313. The summed E-state index contributed by atoms with van der Waals surface area (Å²) in [6.07, 6.45) is 0. The highest BCUT2D eigenvalue weighted by Crippen LogP contribution is 2.25. The van der Waals surface area contributed by atoms with E-state index in [1.807, 2.05) is 6.92 Å². The fourth-order valence-corrected chi connectivity index (χ4v) is 2.42. The van der Waals surface area contributed by atoms with Crippen molar-refractivity contribution in [1.82, 2.24) is 0 Å². The molecule has 2 aromatic rings. The zero-order valence-electron chi connectivity index (χ0n) is 11.2. The molecule has 20 heavy (non-hydrogen) atoms. The van der Waals surface area contributed by atoms with Gasteiger partial charge in [0.05, 0.1) is 6.61 Å². The molecule has 0 atom stereocenters. The zero-order chi connectivity index (χ0) is 14.7. The van der Waals surface area contributed by atoms with Crippen LogP contribution in [0.15, 0.2) is 40.9 Å². The number of carbonyl (C=O) groups is 1. The van der Waals surface area contributed by atoms with Crippen LogP contribution >= 0.6 is 15.9 Å². The van der Waals surface area contributed by atoms with Gasteiger partial charge in [0.25, 0.3) is 0 Å². The summed E-state index contributed by atoms with van der Waals surface area (Å²) in [5, 5.41) is 0. The Hall–Kier alpha value is -1.68. The van der Waals surface area contributed by atoms with Crippen LogP contribution in [0.2, 0.25) is 0 Å². The molecule has 2 nitrogen and oxygen atoms in total. The van der Waals surface area contributed by atoms with Crippen molar-refractivity contribution in [3.05, 3.63) is 63.4 Å². The Labute approximate surface area is 125 Å². The summed E-state index contributed by atoms with van der Waals surface area (Å²) < 4.78 is 19.3. The van der Waals surface area contributed by atoms with E-state index in [0.717, 1.165) is 0 Å². The Balaban J connectivity index is 2.35. The lowest BCUT2D eigenvalue weighted by Crippen LogP contribution is -2.04. The molecule has 0 bridgehead atoms. The van der Waals surface area contributed by atoms with Gasteiger partial charge in [0.15, 0.2) is 5.78 Å². The van der Waals surface area contributed by atoms with Gasteiger partial charge < -0.3 is 4.74 Å². The highest BCUT2D eigenvalue weighted by atomic mass is 79.9. The Morgan fingerprint density at radius 2 is 2.00 bits per heavy atom. The third-order valence-corrected chi connectivity index (χ3v) is 3.57. The fraction of sp³-hybridized carbons (Fsp3) is 0.188. The normalized spacial score (nSPS) is 10.4. The first kappa shape index (κ1) is 14.7. The van der Waals surface area contributed by atoms with Gasteiger partial charge in [-0.2, -0.15) is 0 Å². The number of halogens is 2. The van der Waals surface area contributed by atoms with Gasteiger partial charge in [0, 0.05) is 15.6 Å². The molecule has 0 heterocycles. The molecule has 0 saturated heterocycles. The standard InChI is InChI=1S/C16H14BrFO2/c1-3-20-12-5-6-13(14(17)9-12)16(19)11-4-7-15(18)10(2)8-11/h4-9H,3H2,1-2H3. The lowest BCUT2D eigenvalue weighted by atomic mass is 10.0. The second kappa shape index (κ2) is 6.18. The van der Waals surface area contributed by atoms with Gasteiger partial charge in [-0.15, -0.1) is 0 Å². The van der Waals surface area contributed by atoms with E-state index in [2.05, 4.69) is 15.9 Å². The number of carbonyl (C=O) groups excluding carboxylic acids is 1. The van der Waals surface area contributed by atoms with Crippen molar-refractivity contribution in [2.24, 2.45) is 0 Å². The average molecular weight is 337 g/mol. The molecule has 0 saturated carbocycles. The van der Waals surface area contributed by atoms with Crippen LogP contribution in [0, 0.1) is 12.7 Å². The van der Waals surface area contributed by atoms with E-state index in [1.54, 1.807) is 31.2 Å². The van der Waals surface area contributed by atoms with Gasteiger partial charge in [-0.25, -0.2) is 4.39 Å². The topological polar surface area (TPSA) is 26.3 Å². The van der Waals surface area contributed by atoms with E-state index >= 15 is 0 Å². The molecule has 0 spiro atoms. The van der Waals surface area contributed by atoms with Gasteiger partial charge >= 0.3 is 0 Å². The second-order valence-electron chi connectivity index (χ2n) is 4.37. The summed E-state index contributed by atoms with van der Waals surface area (Å²) in [7, 11) is 0. The lowest BCUT2D eigenvalue weighted by molar-refractivity contribution is 0.103. The predicted octanol–water partition coefficient (Wildman–Crippen LogP) is 4.53. The van der Waals surface area contributed by atoms with Crippen LogP contribution in [-0.2, 0) is 0 Å². The van der Waals surface area contributed by atoms with Crippen LogP contribution in [0.5, 0.6) is 5.75 Å². The lowest BCUT2D eigenvalue weighted by Gasteiger charge is -2.08. The largest absolute Gasteiger partial charge is 0.494 e. The number of ether oxygens (including phenoxy) is 1. The van der Waals surface area contributed by atoms with Gasteiger partial charge in [-0.1, -0.05) is 0 Å². The van der Waals surface area contributed by atoms with E-state index in [-0.39, 0.29) is 11.6 Å². The Morgan fingerprint density at radius 3 is 2.60 bits per heavy atom. The first-order valence-electron chi connectivity index (χ1n) is 6.26. The maximum atomic E-state index is 13.2. The van der Waals surface area contributed by atoms with E-state index < -0.39 is 0 Å². The Bertz CT molecular complexity index is 653. The molecular weight excluding hydrogens is 323 g/mol. The van der Waals surface area contributed by atoms with Crippen molar-refractivity contribution >= 4 is 21.7 Å². The van der Waals surface area contributed by atoms with E-state index in [4.69, 9.17) is 4.74 Å². The maximum Gasteiger partial charge on any atom is 0.194 e. The third-order valence-electron chi connectivity index (χ3n) is 2.92.